The number of carbonyl (C=O) groups excluding carboxylic acids is 1. The van der Waals surface area contributed by atoms with E-state index >= 15 is 0 Å². The van der Waals surface area contributed by atoms with Crippen LogP contribution < -0.4 is 11.1 Å². The number of hydrogen-bond donors (Lipinski definition) is 2. The van der Waals surface area contributed by atoms with Crippen molar-refractivity contribution in [1.82, 2.24) is 5.32 Å². The number of halogens is 1. The molecule has 162 valence electrons. The molecule has 2 saturated carbocycles. The number of nitrogens with two attached hydrogens (primary N) is 1. The van der Waals surface area contributed by atoms with Crippen molar-refractivity contribution in [2.75, 3.05) is 0 Å². The SMILES string of the molecule is Cl.NC1C2CCCC1CC(C(=O)NCc1ccccc1COCc1ccccc1)C2. The molecule has 2 bridgehead atoms. The number of amides is 1. The van der Waals surface area contributed by atoms with Crippen molar-refractivity contribution < 1.29 is 9.53 Å². The first kappa shape index (κ1) is 22.8. The minimum absolute atomic E-state index is 0. The van der Waals surface area contributed by atoms with Gasteiger partial charge in [-0.1, -0.05) is 61.0 Å². The Hall–Kier alpha value is -1.88. The van der Waals surface area contributed by atoms with Crippen LogP contribution in [0.25, 0.3) is 0 Å². The van der Waals surface area contributed by atoms with Crippen LogP contribution in [0.3, 0.4) is 0 Å². The minimum Gasteiger partial charge on any atom is -0.372 e. The number of carbonyl (C=O) groups is 1. The van der Waals surface area contributed by atoms with Crippen LogP contribution in [0.1, 0.15) is 48.8 Å². The lowest BCUT2D eigenvalue weighted by Crippen LogP contribution is -2.49. The van der Waals surface area contributed by atoms with Gasteiger partial charge in [-0.25, -0.2) is 0 Å². The number of rotatable bonds is 7. The molecule has 4 nitrogen and oxygen atoms in total. The van der Waals surface area contributed by atoms with Crippen molar-refractivity contribution >= 4 is 18.3 Å². The predicted molar refractivity (Wildman–Crippen MR) is 122 cm³/mol. The molecule has 2 aliphatic rings. The monoisotopic (exact) mass is 428 g/mol. The number of hydrogen-bond acceptors (Lipinski definition) is 3. The van der Waals surface area contributed by atoms with Crippen molar-refractivity contribution in [2.45, 2.75) is 57.9 Å². The summed E-state index contributed by atoms with van der Waals surface area (Å²) in [5.74, 6) is 1.36. The Morgan fingerprint density at radius 3 is 2.27 bits per heavy atom. The third-order valence-corrected chi connectivity index (χ3v) is 6.72. The van der Waals surface area contributed by atoms with Crippen molar-refractivity contribution in [1.29, 1.82) is 0 Å². The first-order valence-corrected chi connectivity index (χ1v) is 10.9. The fourth-order valence-corrected chi connectivity index (χ4v) is 5.05. The summed E-state index contributed by atoms with van der Waals surface area (Å²) in [6.45, 7) is 1.69. The van der Waals surface area contributed by atoms with Gasteiger partial charge in [0.2, 0.25) is 5.91 Å². The normalized spacial score (nSPS) is 25.2. The average Bonchev–Trinajstić information content (AvgIpc) is 2.73. The lowest BCUT2D eigenvalue weighted by molar-refractivity contribution is -0.128. The van der Waals surface area contributed by atoms with Crippen LogP contribution in [0.15, 0.2) is 54.6 Å². The van der Waals surface area contributed by atoms with Gasteiger partial charge in [-0.05, 0) is 54.2 Å². The van der Waals surface area contributed by atoms with E-state index in [-0.39, 0.29) is 24.2 Å². The quantitative estimate of drug-likeness (QED) is 0.677. The lowest BCUT2D eigenvalue weighted by Gasteiger charge is -2.43. The van der Waals surface area contributed by atoms with Gasteiger partial charge in [0.15, 0.2) is 0 Å². The number of ether oxygens (including phenoxy) is 1. The van der Waals surface area contributed by atoms with E-state index in [0.29, 0.717) is 37.6 Å². The molecule has 2 aromatic rings. The highest BCUT2D eigenvalue weighted by Gasteiger charge is 2.40. The van der Waals surface area contributed by atoms with Crippen LogP contribution in [0.2, 0.25) is 0 Å². The molecule has 4 rings (SSSR count). The molecule has 0 spiro atoms. The molecule has 0 aliphatic heterocycles. The standard InChI is InChI=1S/C25H32N2O2.ClH/c26-24-19-11-6-12-20(24)14-23(13-19)25(28)27-15-21-9-4-5-10-22(21)17-29-16-18-7-2-1-3-8-18;/h1-5,7-10,19-20,23-24H,6,11-17,26H2,(H,27,28);1H. The maximum Gasteiger partial charge on any atom is 0.223 e. The lowest BCUT2D eigenvalue weighted by atomic mass is 9.65. The third-order valence-electron chi connectivity index (χ3n) is 6.72. The van der Waals surface area contributed by atoms with Gasteiger partial charge in [0.25, 0.3) is 0 Å². The van der Waals surface area contributed by atoms with E-state index in [4.69, 9.17) is 10.5 Å². The van der Waals surface area contributed by atoms with Gasteiger partial charge in [0, 0.05) is 18.5 Å². The molecule has 5 heteroatoms. The third kappa shape index (κ3) is 5.63. The minimum atomic E-state index is 0. The summed E-state index contributed by atoms with van der Waals surface area (Å²) in [4.78, 5) is 12.8. The summed E-state index contributed by atoms with van der Waals surface area (Å²) in [6, 6.07) is 18.7. The molecule has 2 atom stereocenters. The van der Waals surface area contributed by atoms with Gasteiger partial charge >= 0.3 is 0 Å². The zero-order chi connectivity index (χ0) is 20.1. The Morgan fingerprint density at radius 2 is 1.57 bits per heavy atom. The molecule has 2 unspecified atom stereocenters. The molecule has 1 amide bonds. The van der Waals surface area contributed by atoms with Gasteiger partial charge in [-0.3, -0.25) is 4.79 Å². The van der Waals surface area contributed by atoms with Crippen LogP contribution >= 0.6 is 12.4 Å². The van der Waals surface area contributed by atoms with Crippen molar-refractivity contribution in [3.63, 3.8) is 0 Å². The van der Waals surface area contributed by atoms with Gasteiger partial charge in [0.1, 0.15) is 0 Å². The molecule has 2 aliphatic carbocycles. The Balaban J connectivity index is 0.00000256. The highest BCUT2D eigenvalue weighted by atomic mass is 35.5. The first-order valence-electron chi connectivity index (χ1n) is 10.9. The van der Waals surface area contributed by atoms with E-state index < -0.39 is 0 Å². The van der Waals surface area contributed by atoms with Crippen LogP contribution in [0.4, 0.5) is 0 Å². The fourth-order valence-electron chi connectivity index (χ4n) is 5.05. The van der Waals surface area contributed by atoms with Gasteiger partial charge in [-0.2, -0.15) is 0 Å². The van der Waals surface area contributed by atoms with E-state index in [9.17, 15) is 4.79 Å². The fraction of sp³-hybridized carbons (Fsp3) is 0.480. The second-order valence-corrected chi connectivity index (χ2v) is 8.66. The van der Waals surface area contributed by atoms with Crippen molar-refractivity contribution in [2.24, 2.45) is 23.5 Å². The Kier molecular flexibility index (Phi) is 8.32. The highest BCUT2D eigenvalue weighted by molar-refractivity contribution is 5.85. The number of benzene rings is 2. The van der Waals surface area contributed by atoms with E-state index in [1.54, 1.807) is 0 Å². The van der Waals surface area contributed by atoms with Crippen LogP contribution in [-0.2, 0) is 29.3 Å². The Bertz CT molecular complexity index is 800. The van der Waals surface area contributed by atoms with E-state index in [1.165, 1.54) is 24.8 Å². The maximum atomic E-state index is 12.8. The largest absolute Gasteiger partial charge is 0.372 e. The second kappa shape index (κ2) is 10.9. The summed E-state index contributed by atoms with van der Waals surface area (Å²) in [6.07, 6.45) is 5.54. The van der Waals surface area contributed by atoms with Crippen LogP contribution in [0, 0.1) is 17.8 Å². The zero-order valence-corrected chi connectivity index (χ0v) is 18.3. The summed E-state index contributed by atoms with van der Waals surface area (Å²) in [5.41, 5.74) is 9.80. The first-order chi connectivity index (χ1) is 14.2. The predicted octanol–water partition coefficient (Wildman–Crippen LogP) is 4.60. The molecule has 0 aromatic heterocycles. The summed E-state index contributed by atoms with van der Waals surface area (Å²) in [5, 5.41) is 3.19. The highest BCUT2D eigenvalue weighted by Crippen LogP contribution is 2.41. The molecule has 0 heterocycles. The Morgan fingerprint density at radius 1 is 0.933 bits per heavy atom. The average molecular weight is 429 g/mol. The van der Waals surface area contributed by atoms with E-state index in [1.807, 2.05) is 30.3 Å². The summed E-state index contributed by atoms with van der Waals surface area (Å²) >= 11 is 0. The summed E-state index contributed by atoms with van der Waals surface area (Å²) in [7, 11) is 0. The van der Waals surface area contributed by atoms with Crippen LogP contribution in [0.5, 0.6) is 0 Å². The molecule has 2 fully saturated rings. The van der Waals surface area contributed by atoms with E-state index in [2.05, 4.69) is 29.6 Å². The Labute approximate surface area is 186 Å². The zero-order valence-electron chi connectivity index (χ0n) is 17.5. The maximum absolute atomic E-state index is 12.8. The summed E-state index contributed by atoms with van der Waals surface area (Å²) < 4.78 is 5.91. The molecular formula is C25H33ClN2O2. The molecule has 2 aromatic carbocycles. The second-order valence-electron chi connectivity index (χ2n) is 8.66. The number of nitrogens with one attached hydrogen (secondary N) is 1. The molecule has 3 N–H and O–H groups in total. The topological polar surface area (TPSA) is 64.4 Å². The molecule has 0 saturated heterocycles. The van der Waals surface area contributed by atoms with Gasteiger partial charge in [-0.15, -0.1) is 12.4 Å². The van der Waals surface area contributed by atoms with Gasteiger partial charge in [0.05, 0.1) is 13.2 Å². The van der Waals surface area contributed by atoms with Crippen LogP contribution in [-0.4, -0.2) is 11.9 Å². The van der Waals surface area contributed by atoms with Crippen molar-refractivity contribution in [3.05, 3.63) is 71.3 Å². The molecule has 0 radical (unpaired) electrons. The number of fused-ring (bicyclic) bond motifs is 2. The van der Waals surface area contributed by atoms with Crippen molar-refractivity contribution in [3.8, 4) is 0 Å². The van der Waals surface area contributed by atoms with E-state index in [0.717, 1.165) is 24.0 Å². The van der Waals surface area contributed by atoms with Gasteiger partial charge < -0.3 is 15.8 Å². The molecule has 30 heavy (non-hydrogen) atoms. The molecular weight excluding hydrogens is 396 g/mol. The smallest absolute Gasteiger partial charge is 0.223 e.